The third kappa shape index (κ3) is 1.81. The minimum Gasteiger partial charge on any atom is -0.461 e. The van der Waals surface area contributed by atoms with Crippen LogP contribution in [0.1, 0.15) is 43.8 Å². The average molecular weight is 280 g/mol. The van der Waals surface area contributed by atoms with Crippen LogP contribution in [0.15, 0.2) is 28.4 Å². The van der Waals surface area contributed by atoms with Crippen LogP contribution in [0.2, 0.25) is 0 Å². The van der Waals surface area contributed by atoms with Gasteiger partial charge in [-0.3, -0.25) is 0 Å². The Labute approximate surface area is 122 Å². The molecule has 0 aromatic carbocycles. The van der Waals surface area contributed by atoms with E-state index in [4.69, 9.17) is 14.4 Å². The van der Waals surface area contributed by atoms with Gasteiger partial charge in [-0.25, -0.2) is 9.97 Å². The van der Waals surface area contributed by atoms with E-state index in [1.54, 1.807) is 6.26 Å². The predicted octanol–water partition coefficient (Wildman–Crippen LogP) is 3.47. The quantitative estimate of drug-likeness (QED) is 0.721. The zero-order valence-electron chi connectivity index (χ0n) is 12.3. The van der Waals surface area contributed by atoms with E-state index in [0.717, 1.165) is 35.0 Å². The van der Waals surface area contributed by atoms with Gasteiger partial charge in [0.1, 0.15) is 0 Å². The Hall–Kier alpha value is -2.43. The maximum absolute atomic E-state index is 5.52. The Balaban J connectivity index is 2.07. The van der Waals surface area contributed by atoms with E-state index in [1.165, 1.54) is 5.57 Å². The zero-order valence-corrected chi connectivity index (χ0v) is 12.3. The molecule has 21 heavy (non-hydrogen) atoms. The van der Waals surface area contributed by atoms with Crippen LogP contribution >= 0.6 is 0 Å². The van der Waals surface area contributed by atoms with Crippen LogP contribution in [0.5, 0.6) is 0 Å². The summed E-state index contributed by atoms with van der Waals surface area (Å²) in [5, 5.41) is 4.62. The number of nitrogens with zero attached hydrogens (tertiary/aromatic N) is 4. The van der Waals surface area contributed by atoms with Crippen molar-refractivity contribution in [2.24, 2.45) is 0 Å². The molecule has 0 spiro atoms. The van der Waals surface area contributed by atoms with E-state index in [0.29, 0.717) is 5.76 Å². The fraction of sp³-hybridized carbons (Fsp3) is 0.312. The molecule has 3 aromatic rings. The molecule has 0 unspecified atom stereocenters. The summed E-state index contributed by atoms with van der Waals surface area (Å²) < 4.78 is 7.32. The largest absolute Gasteiger partial charge is 0.461 e. The second-order valence-electron chi connectivity index (χ2n) is 5.80. The molecule has 0 saturated heterocycles. The highest BCUT2D eigenvalue weighted by atomic mass is 16.3. The zero-order chi connectivity index (χ0) is 14.6. The highest BCUT2D eigenvalue weighted by Gasteiger charge is 2.23. The van der Waals surface area contributed by atoms with E-state index in [2.05, 4.69) is 31.9 Å². The maximum Gasteiger partial charge on any atom is 0.199 e. The first-order valence-electron chi connectivity index (χ1n) is 7.14. The monoisotopic (exact) mass is 280 g/mol. The third-order valence-corrected chi connectivity index (χ3v) is 3.71. The second kappa shape index (κ2) is 4.28. The smallest absolute Gasteiger partial charge is 0.199 e. The number of furan rings is 1. The first kappa shape index (κ1) is 12.3. The second-order valence-corrected chi connectivity index (χ2v) is 5.80. The van der Waals surface area contributed by atoms with Gasteiger partial charge in [0.2, 0.25) is 0 Å². The van der Waals surface area contributed by atoms with Crippen molar-refractivity contribution >= 4 is 11.7 Å². The number of hydrogen-bond donors (Lipinski definition) is 0. The standard InChI is InChI=1S/C16H16N4O/c1-9(2)14-18-15-11-7-10(3)8-12(11)17-16(20(15)19-14)13-5-4-6-21-13/h4-7,9H,8H2,1-3H3. The minimum atomic E-state index is 0.275. The van der Waals surface area contributed by atoms with E-state index in [1.807, 2.05) is 16.6 Å². The summed E-state index contributed by atoms with van der Waals surface area (Å²) in [5.41, 5.74) is 4.30. The summed E-state index contributed by atoms with van der Waals surface area (Å²) in [6.45, 7) is 6.30. The van der Waals surface area contributed by atoms with E-state index >= 15 is 0 Å². The number of fused-ring (bicyclic) bond motifs is 3. The van der Waals surface area contributed by atoms with Crippen molar-refractivity contribution in [3.05, 3.63) is 41.1 Å². The van der Waals surface area contributed by atoms with Crippen LogP contribution in [0.4, 0.5) is 0 Å². The lowest BCUT2D eigenvalue weighted by Crippen LogP contribution is -2.03. The normalized spacial score (nSPS) is 14.0. The van der Waals surface area contributed by atoms with Crippen LogP contribution in [0, 0.1) is 0 Å². The molecule has 4 rings (SSSR count). The number of hydrogen-bond acceptors (Lipinski definition) is 4. The molecule has 3 aromatic heterocycles. The van der Waals surface area contributed by atoms with Gasteiger partial charge in [-0.05, 0) is 19.1 Å². The van der Waals surface area contributed by atoms with Crippen LogP contribution < -0.4 is 0 Å². The summed E-state index contributed by atoms with van der Waals surface area (Å²) >= 11 is 0. The molecule has 0 radical (unpaired) electrons. The van der Waals surface area contributed by atoms with Crippen LogP contribution in [-0.4, -0.2) is 19.6 Å². The van der Waals surface area contributed by atoms with Gasteiger partial charge in [0.05, 0.1) is 12.0 Å². The summed E-state index contributed by atoms with van der Waals surface area (Å²) in [7, 11) is 0. The van der Waals surface area contributed by atoms with Crippen LogP contribution in [-0.2, 0) is 6.42 Å². The highest BCUT2D eigenvalue weighted by Crippen LogP contribution is 2.30. The summed E-state index contributed by atoms with van der Waals surface area (Å²) in [6, 6.07) is 3.76. The summed E-state index contributed by atoms with van der Waals surface area (Å²) in [4.78, 5) is 9.48. The molecule has 1 aliphatic carbocycles. The first-order chi connectivity index (χ1) is 10.1. The lowest BCUT2D eigenvalue weighted by Gasteiger charge is -2.05. The molecule has 0 fully saturated rings. The van der Waals surface area contributed by atoms with Gasteiger partial charge in [-0.15, -0.1) is 5.10 Å². The average Bonchev–Trinajstić information content (AvgIpc) is 3.15. The fourth-order valence-corrected chi connectivity index (χ4v) is 2.67. The van der Waals surface area contributed by atoms with E-state index in [-0.39, 0.29) is 5.92 Å². The molecular formula is C16H16N4O. The Morgan fingerprint density at radius 3 is 2.86 bits per heavy atom. The van der Waals surface area contributed by atoms with Crippen molar-refractivity contribution in [1.82, 2.24) is 19.6 Å². The maximum atomic E-state index is 5.52. The molecule has 0 atom stereocenters. The van der Waals surface area contributed by atoms with Gasteiger partial charge in [0.15, 0.2) is 23.1 Å². The number of allylic oxidation sites excluding steroid dienone is 1. The van der Waals surface area contributed by atoms with Crippen LogP contribution in [0.25, 0.3) is 23.3 Å². The van der Waals surface area contributed by atoms with E-state index in [9.17, 15) is 0 Å². The SMILES string of the molecule is CC1=Cc2c(nc(-c3ccco3)n3nc(C(C)C)nc23)C1. The van der Waals surface area contributed by atoms with Crippen molar-refractivity contribution < 1.29 is 4.42 Å². The molecule has 1 aliphatic rings. The highest BCUT2D eigenvalue weighted by molar-refractivity contribution is 5.75. The molecule has 5 nitrogen and oxygen atoms in total. The molecule has 0 saturated carbocycles. The molecule has 0 bridgehead atoms. The molecule has 106 valence electrons. The predicted molar refractivity (Wildman–Crippen MR) is 79.9 cm³/mol. The first-order valence-corrected chi connectivity index (χ1v) is 7.14. The van der Waals surface area contributed by atoms with Crippen molar-refractivity contribution in [2.75, 3.05) is 0 Å². The molecule has 0 N–H and O–H groups in total. The van der Waals surface area contributed by atoms with E-state index < -0.39 is 0 Å². The number of aromatic nitrogens is 4. The lowest BCUT2D eigenvalue weighted by molar-refractivity contribution is 0.573. The minimum absolute atomic E-state index is 0.275. The third-order valence-electron chi connectivity index (χ3n) is 3.71. The van der Waals surface area contributed by atoms with Crippen molar-refractivity contribution in [3.63, 3.8) is 0 Å². The topological polar surface area (TPSA) is 56.2 Å². The van der Waals surface area contributed by atoms with Gasteiger partial charge in [-0.1, -0.05) is 25.5 Å². The van der Waals surface area contributed by atoms with Crippen LogP contribution in [0.3, 0.4) is 0 Å². The lowest BCUT2D eigenvalue weighted by atomic mass is 10.2. The number of rotatable bonds is 2. The van der Waals surface area contributed by atoms with Crippen molar-refractivity contribution in [3.8, 4) is 11.6 Å². The Morgan fingerprint density at radius 1 is 1.29 bits per heavy atom. The Bertz CT molecular complexity index is 856. The van der Waals surface area contributed by atoms with Crippen molar-refractivity contribution in [1.29, 1.82) is 0 Å². The molecular weight excluding hydrogens is 264 g/mol. The summed E-state index contributed by atoms with van der Waals surface area (Å²) in [6.07, 6.45) is 4.67. The van der Waals surface area contributed by atoms with Gasteiger partial charge in [0.25, 0.3) is 0 Å². The summed E-state index contributed by atoms with van der Waals surface area (Å²) in [5.74, 6) is 2.54. The fourth-order valence-electron chi connectivity index (χ4n) is 2.67. The Morgan fingerprint density at radius 2 is 2.14 bits per heavy atom. The van der Waals surface area contributed by atoms with Gasteiger partial charge in [-0.2, -0.15) is 4.52 Å². The molecule has 5 heteroatoms. The Kier molecular flexibility index (Phi) is 2.51. The van der Waals surface area contributed by atoms with Gasteiger partial charge in [0, 0.05) is 17.9 Å². The van der Waals surface area contributed by atoms with Gasteiger partial charge >= 0.3 is 0 Å². The van der Waals surface area contributed by atoms with Crippen molar-refractivity contribution in [2.45, 2.75) is 33.1 Å². The molecule has 3 heterocycles. The molecule has 0 amide bonds. The molecule has 0 aliphatic heterocycles. The van der Waals surface area contributed by atoms with Gasteiger partial charge < -0.3 is 4.42 Å².